The molecule has 6 heteroatoms. The highest BCUT2D eigenvalue weighted by Gasteiger charge is 2.20. The minimum Gasteiger partial charge on any atom is -0.327 e. The van der Waals surface area contributed by atoms with Gasteiger partial charge in [0, 0.05) is 15.8 Å². The van der Waals surface area contributed by atoms with Crippen molar-refractivity contribution in [2.45, 2.75) is 23.1 Å². The Hall–Kier alpha value is -0.620. The van der Waals surface area contributed by atoms with Crippen molar-refractivity contribution < 1.29 is 8.78 Å². The van der Waals surface area contributed by atoms with E-state index in [1.165, 1.54) is 29.2 Å². The van der Waals surface area contributed by atoms with Crippen LogP contribution in [0.25, 0.3) is 0 Å². The molecule has 0 saturated heterocycles. The number of hydrogen-bond donors (Lipinski definition) is 1. The molecule has 2 aromatic rings. The zero-order valence-corrected chi connectivity index (χ0v) is 12.5. The van der Waals surface area contributed by atoms with Crippen molar-refractivity contribution in [1.82, 2.24) is 0 Å². The fourth-order valence-electron chi connectivity index (χ4n) is 1.60. The van der Waals surface area contributed by atoms with Crippen LogP contribution in [0.1, 0.15) is 17.1 Å². The highest BCUT2D eigenvalue weighted by molar-refractivity contribution is 7.99. The number of rotatable bonds is 4. The normalized spacial score (nSPS) is 14.4. The van der Waals surface area contributed by atoms with Crippen molar-refractivity contribution in [2.24, 2.45) is 5.73 Å². The molecule has 0 aliphatic rings. The third kappa shape index (κ3) is 3.69. The molecule has 0 aliphatic carbocycles. The summed E-state index contributed by atoms with van der Waals surface area (Å²) in [4.78, 5) is 1.67. The molecule has 2 N–H and O–H groups in total. The van der Waals surface area contributed by atoms with Crippen LogP contribution in [0.15, 0.2) is 35.2 Å². The van der Waals surface area contributed by atoms with Crippen LogP contribution in [0.2, 0.25) is 4.34 Å². The predicted octanol–water partition coefficient (Wildman–Crippen LogP) is 4.86. The molecular formula is C13H12ClF2NS2. The highest BCUT2D eigenvalue weighted by Crippen LogP contribution is 2.41. The molecule has 2 rings (SSSR count). The summed E-state index contributed by atoms with van der Waals surface area (Å²) in [6.45, 7) is 1.88. The Morgan fingerprint density at radius 3 is 2.47 bits per heavy atom. The summed E-state index contributed by atoms with van der Waals surface area (Å²) in [5, 5.41) is -0.0395. The van der Waals surface area contributed by atoms with Crippen molar-refractivity contribution >= 4 is 34.7 Å². The molecule has 2 unspecified atom stereocenters. The number of benzene rings is 1. The van der Waals surface area contributed by atoms with Gasteiger partial charge in [-0.2, -0.15) is 0 Å². The van der Waals surface area contributed by atoms with Gasteiger partial charge in [-0.3, -0.25) is 0 Å². The second-order valence-corrected chi connectivity index (χ2v) is 7.08. The minimum atomic E-state index is -0.849. The molecule has 0 spiro atoms. The van der Waals surface area contributed by atoms with Gasteiger partial charge in [0.25, 0.3) is 0 Å². The zero-order chi connectivity index (χ0) is 14.0. The van der Waals surface area contributed by atoms with Crippen molar-refractivity contribution in [3.63, 3.8) is 0 Å². The lowest BCUT2D eigenvalue weighted by atomic mass is 10.2. The van der Waals surface area contributed by atoms with Gasteiger partial charge >= 0.3 is 0 Å². The monoisotopic (exact) mass is 319 g/mol. The van der Waals surface area contributed by atoms with Crippen molar-refractivity contribution in [3.05, 3.63) is 51.2 Å². The van der Waals surface area contributed by atoms with Crippen LogP contribution < -0.4 is 5.73 Å². The third-order valence-electron chi connectivity index (χ3n) is 2.51. The lowest BCUT2D eigenvalue weighted by molar-refractivity contribution is 0.506. The molecular weight excluding hydrogens is 308 g/mol. The maximum atomic E-state index is 13.2. The van der Waals surface area contributed by atoms with Gasteiger partial charge in [0.15, 0.2) is 11.6 Å². The fraction of sp³-hybridized carbons (Fsp3) is 0.231. The van der Waals surface area contributed by atoms with Crippen molar-refractivity contribution in [3.8, 4) is 0 Å². The van der Waals surface area contributed by atoms with Gasteiger partial charge in [-0.1, -0.05) is 11.6 Å². The van der Waals surface area contributed by atoms with Crippen LogP contribution in [0.4, 0.5) is 8.78 Å². The van der Waals surface area contributed by atoms with Crippen LogP contribution in [0.5, 0.6) is 0 Å². The number of halogens is 3. The van der Waals surface area contributed by atoms with Gasteiger partial charge in [-0.25, -0.2) is 8.78 Å². The summed E-state index contributed by atoms with van der Waals surface area (Å²) in [6, 6.07) is 7.44. The Bertz CT molecular complexity index is 572. The van der Waals surface area contributed by atoms with E-state index in [1.807, 2.05) is 19.1 Å². The lowest BCUT2D eigenvalue weighted by Gasteiger charge is -2.19. The number of thiophene rings is 1. The Morgan fingerprint density at radius 1 is 1.21 bits per heavy atom. The molecule has 0 radical (unpaired) electrons. The zero-order valence-electron chi connectivity index (χ0n) is 10.1. The quantitative estimate of drug-likeness (QED) is 0.814. The van der Waals surface area contributed by atoms with Gasteiger partial charge in [-0.15, -0.1) is 23.1 Å². The summed E-state index contributed by atoms with van der Waals surface area (Å²) in [5.74, 6) is -1.70. The van der Waals surface area contributed by atoms with Crippen LogP contribution in [0, 0.1) is 11.6 Å². The summed E-state index contributed by atoms with van der Waals surface area (Å²) in [6.07, 6.45) is 0. The predicted molar refractivity (Wildman–Crippen MR) is 77.9 cm³/mol. The molecule has 19 heavy (non-hydrogen) atoms. The first-order chi connectivity index (χ1) is 8.97. The van der Waals surface area contributed by atoms with E-state index >= 15 is 0 Å². The molecule has 1 heterocycles. The molecule has 0 aliphatic heterocycles. The van der Waals surface area contributed by atoms with E-state index in [1.54, 1.807) is 6.07 Å². The molecule has 0 bridgehead atoms. The molecule has 102 valence electrons. The van der Waals surface area contributed by atoms with Gasteiger partial charge in [0.05, 0.1) is 9.59 Å². The summed E-state index contributed by atoms with van der Waals surface area (Å²) < 4.78 is 26.8. The van der Waals surface area contributed by atoms with Crippen molar-refractivity contribution in [1.29, 1.82) is 0 Å². The molecule has 0 saturated carbocycles. The van der Waals surface area contributed by atoms with E-state index in [9.17, 15) is 8.78 Å². The van der Waals surface area contributed by atoms with Crippen LogP contribution in [-0.4, -0.2) is 6.04 Å². The smallest absolute Gasteiger partial charge is 0.159 e. The Balaban J connectivity index is 2.23. The summed E-state index contributed by atoms with van der Waals surface area (Å²) in [5.41, 5.74) is 5.97. The maximum absolute atomic E-state index is 13.2. The first kappa shape index (κ1) is 14.8. The Kier molecular flexibility index (Phi) is 4.84. The molecule has 0 amide bonds. The summed E-state index contributed by atoms with van der Waals surface area (Å²) in [7, 11) is 0. The van der Waals surface area contributed by atoms with E-state index in [-0.39, 0.29) is 11.3 Å². The fourth-order valence-corrected chi connectivity index (χ4v) is 4.07. The topological polar surface area (TPSA) is 26.0 Å². The van der Waals surface area contributed by atoms with Crippen molar-refractivity contribution in [2.75, 3.05) is 0 Å². The highest BCUT2D eigenvalue weighted by atomic mass is 35.5. The average Bonchev–Trinajstić information content (AvgIpc) is 2.76. The largest absolute Gasteiger partial charge is 0.327 e. The third-order valence-corrected chi connectivity index (χ3v) is 5.43. The van der Waals surface area contributed by atoms with Gasteiger partial charge in [0.1, 0.15) is 0 Å². The second kappa shape index (κ2) is 6.22. The minimum absolute atomic E-state index is 0.0395. The maximum Gasteiger partial charge on any atom is 0.159 e. The van der Waals surface area contributed by atoms with E-state index < -0.39 is 11.6 Å². The molecule has 0 fully saturated rings. The molecule has 1 aromatic heterocycles. The number of hydrogen-bond acceptors (Lipinski definition) is 3. The van der Waals surface area contributed by atoms with E-state index in [0.29, 0.717) is 9.23 Å². The number of nitrogens with two attached hydrogens (primary N) is 1. The lowest BCUT2D eigenvalue weighted by Crippen LogP contribution is -2.21. The van der Waals surface area contributed by atoms with Gasteiger partial charge in [0.2, 0.25) is 0 Å². The van der Waals surface area contributed by atoms with Crippen LogP contribution in [-0.2, 0) is 0 Å². The van der Waals surface area contributed by atoms with E-state index in [2.05, 4.69) is 0 Å². The van der Waals surface area contributed by atoms with E-state index in [4.69, 9.17) is 17.3 Å². The molecule has 1 nitrogen and oxygen atoms in total. The van der Waals surface area contributed by atoms with E-state index in [0.717, 1.165) is 10.9 Å². The molecule has 1 aromatic carbocycles. The average molecular weight is 320 g/mol. The first-order valence-electron chi connectivity index (χ1n) is 5.60. The Labute approximate surface area is 123 Å². The van der Waals surface area contributed by atoms with Crippen LogP contribution >= 0.6 is 34.7 Å². The Morgan fingerprint density at radius 2 is 1.95 bits per heavy atom. The van der Waals surface area contributed by atoms with Crippen LogP contribution in [0.3, 0.4) is 0 Å². The number of thioether (sulfide) groups is 1. The molecule has 2 atom stereocenters. The SMILES string of the molecule is CC(N)C(Sc1ccc(F)c(F)c1)c1ccc(Cl)s1. The standard InChI is InChI=1S/C13H12ClF2NS2/c1-7(17)13(11-4-5-12(14)19-11)18-8-2-3-9(15)10(16)6-8/h2-7,13H,17H2,1H3. The van der Waals surface area contributed by atoms with Gasteiger partial charge in [-0.05, 0) is 37.3 Å². The second-order valence-electron chi connectivity index (χ2n) is 4.12. The summed E-state index contributed by atoms with van der Waals surface area (Å²) >= 11 is 8.77. The first-order valence-corrected chi connectivity index (χ1v) is 7.67. The van der Waals surface area contributed by atoms with Gasteiger partial charge < -0.3 is 5.73 Å².